The molecular formula is C15H24N4. The van der Waals surface area contributed by atoms with Crippen LogP contribution in [-0.4, -0.2) is 20.7 Å². The lowest BCUT2D eigenvalue weighted by Gasteiger charge is -2.11. The maximum atomic E-state index is 4.05. The summed E-state index contributed by atoms with van der Waals surface area (Å²) in [6.07, 6.45) is 12.4. The van der Waals surface area contributed by atoms with E-state index in [1.165, 1.54) is 12.0 Å². The Bertz CT molecular complexity index is 458. The Balaban J connectivity index is 1.77. The van der Waals surface area contributed by atoms with Gasteiger partial charge in [-0.3, -0.25) is 0 Å². The van der Waals surface area contributed by atoms with Gasteiger partial charge in [0.05, 0.1) is 6.33 Å². The molecule has 0 aliphatic heterocycles. The standard InChI is InChI=1S/C15H24N4/c1-3-6-17-14(2)15-5-10-18(12-15)8-4-9-19-11-7-16-13-19/h5,7,10-14,17H,3-4,6,8-9H2,1-2H3. The van der Waals surface area contributed by atoms with Crippen LogP contribution in [-0.2, 0) is 13.1 Å². The Morgan fingerprint density at radius 1 is 1.26 bits per heavy atom. The number of hydrogen-bond acceptors (Lipinski definition) is 2. The number of hydrogen-bond donors (Lipinski definition) is 1. The van der Waals surface area contributed by atoms with Gasteiger partial charge in [0.25, 0.3) is 0 Å². The quantitative estimate of drug-likeness (QED) is 0.792. The highest BCUT2D eigenvalue weighted by molar-refractivity contribution is 5.14. The van der Waals surface area contributed by atoms with Crippen molar-refractivity contribution in [3.05, 3.63) is 42.7 Å². The van der Waals surface area contributed by atoms with E-state index < -0.39 is 0 Å². The van der Waals surface area contributed by atoms with Crippen molar-refractivity contribution in [1.82, 2.24) is 19.4 Å². The van der Waals surface area contributed by atoms with E-state index >= 15 is 0 Å². The van der Waals surface area contributed by atoms with Crippen molar-refractivity contribution >= 4 is 0 Å². The summed E-state index contributed by atoms with van der Waals surface area (Å²) in [5, 5.41) is 3.51. The summed E-state index contributed by atoms with van der Waals surface area (Å²) in [5.74, 6) is 0. The van der Waals surface area contributed by atoms with Crippen LogP contribution in [0.15, 0.2) is 37.2 Å². The maximum absolute atomic E-state index is 4.05. The van der Waals surface area contributed by atoms with Crippen LogP contribution in [0.3, 0.4) is 0 Å². The summed E-state index contributed by atoms with van der Waals surface area (Å²) in [7, 11) is 0. The molecule has 0 aliphatic carbocycles. The highest BCUT2D eigenvalue weighted by Crippen LogP contribution is 2.13. The second-order valence-corrected chi connectivity index (χ2v) is 5.01. The Morgan fingerprint density at radius 3 is 2.84 bits per heavy atom. The number of nitrogens with one attached hydrogen (secondary N) is 1. The van der Waals surface area contributed by atoms with E-state index in [9.17, 15) is 0 Å². The first-order chi connectivity index (χ1) is 9.29. The van der Waals surface area contributed by atoms with Gasteiger partial charge in [0.1, 0.15) is 0 Å². The summed E-state index contributed by atoms with van der Waals surface area (Å²) >= 11 is 0. The third-order valence-electron chi connectivity index (χ3n) is 3.37. The first kappa shape index (κ1) is 13.9. The molecule has 0 spiro atoms. The molecule has 2 rings (SSSR count). The van der Waals surface area contributed by atoms with Crippen molar-refractivity contribution in [2.45, 2.75) is 45.8 Å². The molecule has 104 valence electrons. The van der Waals surface area contributed by atoms with Crippen molar-refractivity contribution < 1.29 is 0 Å². The molecule has 2 aromatic rings. The first-order valence-electron chi connectivity index (χ1n) is 7.14. The summed E-state index contributed by atoms with van der Waals surface area (Å²) < 4.78 is 4.40. The highest BCUT2D eigenvalue weighted by Gasteiger charge is 2.05. The molecule has 0 aromatic carbocycles. The lowest BCUT2D eigenvalue weighted by Crippen LogP contribution is -2.18. The molecule has 1 unspecified atom stereocenters. The van der Waals surface area contributed by atoms with E-state index in [4.69, 9.17) is 0 Å². The Labute approximate surface area is 115 Å². The van der Waals surface area contributed by atoms with E-state index in [0.717, 1.165) is 26.1 Å². The third-order valence-corrected chi connectivity index (χ3v) is 3.37. The van der Waals surface area contributed by atoms with Gasteiger partial charge < -0.3 is 14.5 Å². The predicted molar refractivity (Wildman–Crippen MR) is 78.0 cm³/mol. The largest absolute Gasteiger partial charge is 0.354 e. The van der Waals surface area contributed by atoms with Crippen molar-refractivity contribution in [3.63, 3.8) is 0 Å². The van der Waals surface area contributed by atoms with Crippen LogP contribution >= 0.6 is 0 Å². The minimum atomic E-state index is 0.440. The summed E-state index contributed by atoms with van der Waals surface area (Å²) in [5.41, 5.74) is 1.37. The normalized spacial score (nSPS) is 12.7. The molecule has 1 N–H and O–H groups in total. The van der Waals surface area contributed by atoms with Crippen molar-refractivity contribution in [1.29, 1.82) is 0 Å². The smallest absolute Gasteiger partial charge is 0.0945 e. The Kier molecular flexibility index (Phi) is 5.21. The molecule has 2 heterocycles. The third kappa shape index (κ3) is 4.24. The van der Waals surface area contributed by atoms with Gasteiger partial charge >= 0.3 is 0 Å². The van der Waals surface area contributed by atoms with Crippen molar-refractivity contribution in [2.24, 2.45) is 0 Å². The number of aromatic nitrogens is 3. The first-order valence-corrected chi connectivity index (χ1v) is 7.14. The molecule has 0 fully saturated rings. The van der Waals surface area contributed by atoms with Crippen molar-refractivity contribution in [2.75, 3.05) is 6.54 Å². The van der Waals surface area contributed by atoms with Crippen LogP contribution in [0, 0.1) is 0 Å². The van der Waals surface area contributed by atoms with Gasteiger partial charge in [0, 0.05) is 43.9 Å². The van der Waals surface area contributed by atoms with Crippen LogP contribution < -0.4 is 5.32 Å². The average molecular weight is 260 g/mol. The second-order valence-electron chi connectivity index (χ2n) is 5.01. The number of rotatable bonds is 8. The molecule has 0 radical (unpaired) electrons. The van der Waals surface area contributed by atoms with Crippen LogP contribution in [0.2, 0.25) is 0 Å². The van der Waals surface area contributed by atoms with Gasteiger partial charge in [0.2, 0.25) is 0 Å². The molecule has 0 saturated heterocycles. The predicted octanol–water partition coefficient (Wildman–Crippen LogP) is 2.84. The average Bonchev–Trinajstić information content (AvgIpc) is 3.07. The lowest BCUT2D eigenvalue weighted by atomic mass is 10.2. The summed E-state index contributed by atoms with van der Waals surface area (Å²) in [6, 6.07) is 2.65. The SMILES string of the molecule is CCCNC(C)c1ccn(CCCn2ccnc2)c1. The highest BCUT2D eigenvalue weighted by atomic mass is 15.0. The fourth-order valence-corrected chi connectivity index (χ4v) is 2.19. The van der Waals surface area contributed by atoms with E-state index in [1.54, 1.807) is 0 Å². The molecule has 0 aliphatic rings. The number of imidazole rings is 1. The lowest BCUT2D eigenvalue weighted by molar-refractivity contribution is 0.553. The monoisotopic (exact) mass is 260 g/mol. The molecule has 0 bridgehead atoms. The summed E-state index contributed by atoms with van der Waals surface area (Å²) in [4.78, 5) is 4.05. The van der Waals surface area contributed by atoms with Gasteiger partial charge in [0.15, 0.2) is 0 Å². The number of nitrogens with zero attached hydrogens (tertiary/aromatic N) is 3. The molecule has 0 amide bonds. The summed E-state index contributed by atoms with van der Waals surface area (Å²) in [6.45, 7) is 7.57. The molecule has 0 saturated carbocycles. The van der Waals surface area contributed by atoms with Crippen LogP contribution in [0.1, 0.15) is 38.3 Å². The van der Waals surface area contributed by atoms with Gasteiger partial charge in [-0.1, -0.05) is 6.92 Å². The fraction of sp³-hybridized carbons (Fsp3) is 0.533. The topological polar surface area (TPSA) is 34.8 Å². The van der Waals surface area contributed by atoms with E-state index in [1.807, 2.05) is 18.7 Å². The fourth-order valence-electron chi connectivity index (χ4n) is 2.19. The van der Waals surface area contributed by atoms with E-state index in [-0.39, 0.29) is 0 Å². The Hall–Kier alpha value is -1.55. The molecular weight excluding hydrogens is 236 g/mol. The minimum Gasteiger partial charge on any atom is -0.354 e. The van der Waals surface area contributed by atoms with Gasteiger partial charge in [-0.05, 0) is 37.9 Å². The minimum absolute atomic E-state index is 0.440. The number of aryl methyl sites for hydroxylation is 2. The van der Waals surface area contributed by atoms with Crippen molar-refractivity contribution in [3.8, 4) is 0 Å². The Morgan fingerprint density at radius 2 is 2.11 bits per heavy atom. The molecule has 4 nitrogen and oxygen atoms in total. The van der Waals surface area contributed by atoms with Crippen LogP contribution in [0.4, 0.5) is 0 Å². The molecule has 4 heteroatoms. The van der Waals surface area contributed by atoms with Crippen LogP contribution in [0.25, 0.3) is 0 Å². The molecule has 2 aromatic heterocycles. The van der Waals surface area contributed by atoms with E-state index in [2.05, 4.69) is 51.7 Å². The van der Waals surface area contributed by atoms with Gasteiger partial charge in [-0.15, -0.1) is 0 Å². The van der Waals surface area contributed by atoms with Crippen LogP contribution in [0.5, 0.6) is 0 Å². The van der Waals surface area contributed by atoms with Gasteiger partial charge in [-0.25, -0.2) is 4.98 Å². The van der Waals surface area contributed by atoms with Gasteiger partial charge in [-0.2, -0.15) is 0 Å². The zero-order valence-electron chi connectivity index (χ0n) is 11.9. The maximum Gasteiger partial charge on any atom is 0.0945 e. The zero-order valence-corrected chi connectivity index (χ0v) is 11.9. The second kappa shape index (κ2) is 7.14. The van der Waals surface area contributed by atoms with E-state index in [0.29, 0.717) is 6.04 Å². The zero-order chi connectivity index (χ0) is 13.5. The molecule has 1 atom stereocenters. The molecule has 19 heavy (non-hydrogen) atoms.